The first kappa shape index (κ1) is 20.1. The molecule has 0 aromatic heterocycles. The molecule has 5 N–H and O–H groups in total. The minimum atomic E-state index is -0.639. The van der Waals surface area contributed by atoms with Crippen LogP contribution in [0.25, 0.3) is 0 Å². The molecule has 0 bridgehead atoms. The van der Waals surface area contributed by atoms with Gasteiger partial charge in [0.2, 0.25) is 0 Å². The summed E-state index contributed by atoms with van der Waals surface area (Å²) in [5.41, 5.74) is 9.36. The average molecular weight is 255 g/mol. The van der Waals surface area contributed by atoms with Crippen LogP contribution in [-0.4, -0.2) is 23.6 Å². The molecule has 0 saturated carbocycles. The van der Waals surface area contributed by atoms with Gasteiger partial charge >= 0.3 is 0 Å². The van der Waals surface area contributed by atoms with Crippen LogP contribution in [0.15, 0.2) is 0 Å². The fourth-order valence-corrected chi connectivity index (χ4v) is 0.344. The fourth-order valence-electron chi connectivity index (χ4n) is 0.232. The van der Waals surface area contributed by atoms with Gasteiger partial charge in [-0.05, 0) is 19.4 Å². The van der Waals surface area contributed by atoms with Crippen molar-refractivity contribution in [2.75, 3.05) is 13.1 Å². The summed E-state index contributed by atoms with van der Waals surface area (Å²) in [5.74, 6) is 0. The molecule has 0 aromatic carbocycles. The summed E-state index contributed by atoms with van der Waals surface area (Å²) < 4.78 is 0. The van der Waals surface area contributed by atoms with Crippen molar-refractivity contribution >= 4 is 35.7 Å². The molecular weight excluding hydrogens is 234 g/mol. The Hall–Kier alpha value is -0.400. The molecule has 5 nitrogen and oxygen atoms in total. The SMILES string of the molecule is CCCN.CCCNC(=O)S.NC(=O)S. The zero-order valence-electron chi connectivity index (χ0n) is 9.19. The van der Waals surface area contributed by atoms with Gasteiger partial charge in [-0.3, -0.25) is 9.59 Å². The van der Waals surface area contributed by atoms with E-state index in [1.54, 1.807) is 0 Å². The lowest BCUT2D eigenvalue weighted by molar-refractivity contribution is 0.261. The summed E-state index contributed by atoms with van der Waals surface area (Å²) in [6.45, 7) is 5.59. The Morgan fingerprint density at radius 2 is 1.53 bits per heavy atom. The number of amides is 2. The highest BCUT2D eigenvalue weighted by Crippen LogP contribution is 1.75. The van der Waals surface area contributed by atoms with E-state index in [4.69, 9.17) is 10.5 Å². The summed E-state index contributed by atoms with van der Waals surface area (Å²) in [7, 11) is 0. The van der Waals surface area contributed by atoms with E-state index in [1.165, 1.54) is 0 Å². The van der Waals surface area contributed by atoms with E-state index in [1.807, 2.05) is 6.92 Å². The van der Waals surface area contributed by atoms with E-state index in [2.05, 4.69) is 43.2 Å². The molecule has 0 rings (SSSR count). The van der Waals surface area contributed by atoms with E-state index in [0.717, 1.165) is 25.9 Å². The van der Waals surface area contributed by atoms with Crippen LogP contribution in [0.5, 0.6) is 0 Å². The van der Waals surface area contributed by atoms with Crippen LogP contribution in [0, 0.1) is 0 Å². The zero-order valence-corrected chi connectivity index (χ0v) is 11.0. The van der Waals surface area contributed by atoms with Gasteiger partial charge in [0.1, 0.15) is 0 Å². The molecule has 2 amide bonds. The molecule has 0 atom stereocenters. The van der Waals surface area contributed by atoms with Crippen LogP contribution in [0.1, 0.15) is 26.7 Å². The lowest BCUT2D eigenvalue weighted by Crippen LogP contribution is -2.16. The topological polar surface area (TPSA) is 98.2 Å². The molecule has 0 heterocycles. The molecule has 0 spiro atoms. The van der Waals surface area contributed by atoms with Gasteiger partial charge in [0, 0.05) is 6.54 Å². The predicted molar refractivity (Wildman–Crippen MR) is 70.6 cm³/mol. The molecule has 92 valence electrons. The largest absolute Gasteiger partial charge is 0.361 e. The highest BCUT2D eigenvalue weighted by Gasteiger charge is 1.84. The van der Waals surface area contributed by atoms with Crippen molar-refractivity contribution in [2.45, 2.75) is 26.7 Å². The van der Waals surface area contributed by atoms with Crippen molar-refractivity contribution in [1.82, 2.24) is 5.32 Å². The van der Waals surface area contributed by atoms with Gasteiger partial charge < -0.3 is 16.8 Å². The van der Waals surface area contributed by atoms with E-state index in [-0.39, 0.29) is 5.24 Å². The Bertz CT molecular complexity index is 151. The number of hydrogen-bond donors (Lipinski definition) is 5. The molecule has 0 fully saturated rings. The molecule has 0 saturated heterocycles. The van der Waals surface area contributed by atoms with Crippen LogP contribution in [0.3, 0.4) is 0 Å². The molecule has 0 radical (unpaired) electrons. The number of primary amides is 1. The maximum absolute atomic E-state index is 9.96. The minimum absolute atomic E-state index is 0.248. The van der Waals surface area contributed by atoms with Crippen molar-refractivity contribution in [3.63, 3.8) is 0 Å². The Morgan fingerprint density at radius 3 is 1.60 bits per heavy atom. The lowest BCUT2D eigenvalue weighted by Gasteiger charge is -1.92. The van der Waals surface area contributed by atoms with Gasteiger partial charge in [-0.15, -0.1) is 0 Å². The quantitative estimate of drug-likeness (QED) is 0.493. The Labute approximate surface area is 102 Å². The van der Waals surface area contributed by atoms with Crippen LogP contribution < -0.4 is 16.8 Å². The molecule has 0 unspecified atom stereocenters. The Morgan fingerprint density at radius 1 is 1.20 bits per heavy atom. The van der Waals surface area contributed by atoms with Crippen molar-refractivity contribution < 1.29 is 9.59 Å². The number of hydrogen-bond acceptors (Lipinski definition) is 3. The second kappa shape index (κ2) is 19.2. The number of nitrogens with two attached hydrogens (primary N) is 2. The molecule has 0 aliphatic carbocycles. The van der Waals surface area contributed by atoms with Crippen molar-refractivity contribution in [2.24, 2.45) is 11.5 Å². The molecule has 15 heavy (non-hydrogen) atoms. The van der Waals surface area contributed by atoms with Gasteiger partial charge in [-0.1, -0.05) is 39.1 Å². The molecule has 0 aliphatic rings. The maximum Gasteiger partial charge on any atom is 0.275 e. The first-order valence-corrected chi connectivity index (χ1v) is 5.46. The van der Waals surface area contributed by atoms with Gasteiger partial charge in [0.25, 0.3) is 10.5 Å². The zero-order chi connectivity index (χ0) is 12.7. The third kappa shape index (κ3) is 86.5. The highest BCUT2D eigenvalue weighted by molar-refractivity contribution is 7.96. The van der Waals surface area contributed by atoms with Gasteiger partial charge in [0.05, 0.1) is 0 Å². The molecule has 0 aliphatic heterocycles. The van der Waals surface area contributed by atoms with E-state index in [9.17, 15) is 4.79 Å². The van der Waals surface area contributed by atoms with Crippen LogP contribution in [0.4, 0.5) is 9.59 Å². The average Bonchev–Trinajstić information content (AvgIpc) is 2.14. The van der Waals surface area contributed by atoms with Crippen molar-refractivity contribution in [3.05, 3.63) is 0 Å². The first-order valence-electron chi connectivity index (χ1n) is 4.57. The second-order valence-electron chi connectivity index (χ2n) is 2.36. The van der Waals surface area contributed by atoms with Crippen molar-refractivity contribution in [3.8, 4) is 0 Å². The summed E-state index contributed by atoms with van der Waals surface area (Å²) in [6.07, 6.45) is 2.06. The molecular formula is C8H21N3O2S2. The summed E-state index contributed by atoms with van der Waals surface area (Å²) in [5, 5.41) is 1.63. The minimum Gasteiger partial charge on any atom is -0.361 e. The van der Waals surface area contributed by atoms with E-state index >= 15 is 0 Å². The number of thiol groups is 2. The van der Waals surface area contributed by atoms with Gasteiger partial charge in [-0.25, -0.2) is 0 Å². The highest BCUT2D eigenvalue weighted by atomic mass is 32.1. The summed E-state index contributed by atoms with van der Waals surface area (Å²) in [4.78, 5) is 19.0. The van der Waals surface area contributed by atoms with Gasteiger partial charge in [0.15, 0.2) is 0 Å². The first-order chi connectivity index (χ1) is 6.92. The number of rotatable bonds is 3. The predicted octanol–water partition coefficient (Wildman–Crippen LogP) is 1.39. The Kier molecular flexibility index (Phi) is 25.7. The van der Waals surface area contributed by atoms with Crippen LogP contribution in [-0.2, 0) is 0 Å². The number of nitrogens with one attached hydrogen (secondary N) is 1. The third-order valence-electron chi connectivity index (χ3n) is 0.815. The normalized spacial score (nSPS) is 7.53. The standard InChI is InChI=1S/C4H9NOS.C3H9N.CH3NOS/c1-2-3-5-4(6)7;1-2-3-4;2-1(3)4/h2-3H2,1H3,(H2,5,6,7);2-4H2,1H3;(H3,2,3,4). The summed E-state index contributed by atoms with van der Waals surface area (Å²) in [6, 6.07) is 0. The Balaban J connectivity index is -0.000000155. The lowest BCUT2D eigenvalue weighted by atomic mass is 10.5. The molecule has 0 aromatic rings. The smallest absolute Gasteiger partial charge is 0.275 e. The summed E-state index contributed by atoms with van der Waals surface area (Å²) >= 11 is 6.59. The monoisotopic (exact) mass is 255 g/mol. The van der Waals surface area contributed by atoms with E-state index < -0.39 is 5.24 Å². The number of carbonyl (C=O) groups is 2. The molecule has 7 heteroatoms. The fraction of sp³-hybridized carbons (Fsp3) is 0.750. The maximum atomic E-state index is 9.96. The van der Waals surface area contributed by atoms with Crippen LogP contribution >= 0.6 is 25.3 Å². The second-order valence-corrected chi connectivity index (χ2v) is 3.21. The van der Waals surface area contributed by atoms with Gasteiger partial charge in [-0.2, -0.15) is 0 Å². The van der Waals surface area contributed by atoms with Crippen molar-refractivity contribution in [1.29, 1.82) is 0 Å². The van der Waals surface area contributed by atoms with Crippen LogP contribution in [0.2, 0.25) is 0 Å². The number of carbonyl (C=O) groups excluding carboxylic acids is 2. The van der Waals surface area contributed by atoms with E-state index in [0.29, 0.717) is 0 Å². The third-order valence-corrected chi connectivity index (χ3v) is 0.973.